The Bertz CT molecular complexity index is 1010. The number of amides is 2. The fourth-order valence-electron chi connectivity index (χ4n) is 2.96. The Morgan fingerprint density at radius 3 is 2.45 bits per heavy atom. The summed E-state index contributed by atoms with van der Waals surface area (Å²) in [4.78, 5) is 26.0. The summed E-state index contributed by atoms with van der Waals surface area (Å²) in [6.07, 6.45) is 1.43. The average molecular weight is 422 g/mol. The Hall–Kier alpha value is -3.74. The Morgan fingerprint density at radius 1 is 0.968 bits per heavy atom. The predicted molar refractivity (Wildman–Crippen MR) is 118 cm³/mol. The first-order valence-corrected chi connectivity index (χ1v) is 9.93. The summed E-state index contributed by atoms with van der Waals surface area (Å²) in [5.74, 6) is 0.954. The molecular weight excluding hydrogens is 396 g/mol. The van der Waals surface area contributed by atoms with Gasteiger partial charge in [-0.15, -0.1) is 0 Å². The van der Waals surface area contributed by atoms with Crippen molar-refractivity contribution in [3.63, 3.8) is 0 Å². The van der Waals surface area contributed by atoms with Crippen molar-refractivity contribution in [1.29, 1.82) is 0 Å². The molecule has 0 saturated carbocycles. The van der Waals surface area contributed by atoms with E-state index in [1.165, 1.54) is 6.26 Å². The van der Waals surface area contributed by atoms with Gasteiger partial charge in [0.15, 0.2) is 12.4 Å². The minimum atomic E-state index is -0.359. The first-order chi connectivity index (χ1) is 14.9. The van der Waals surface area contributed by atoms with E-state index in [4.69, 9.17) is 13.9 Å². The van der Waals surface area contributed by atoms with Crippen LogP contribution in [0.4, 0.5) is 5.69 Å². The van der Waals surface area contributed by atoms with Crippen LogP contribution in [0.15, 0.2) is 65.3 Å². The molecule has 2 aromatic carbocycles. The number of ether oxygens (including phenoxy) is 2. The van der Waals surface area contributed by atoms with Crippen molar-refractivity contribution < 1.29 is 23.5 Å². The summed E-state index contributed by atoms with van der Waals surface area (Å²) in [5, 5.41) is 2.72. The number of rotatable bonds is 9. The van der Waals surface area contributed by atoms with E-state index in [1.807, 2.05) is 26.0 Å². The van der Waals surface area contributed by atoms with Crippen molar-refractivity contribution in [1.82, 2.24) is 4.90 Å². The molecule has 1 N–H and O–H groups in total. The lowest BCUT2D eigenvalue weighted by atomic mass is 10.1. The number of aryl methyl sites for hydroxylation is 2. The van der Waals surface area contributed by atoms with E-state index in [-0.39, 0.29) is 24.2 Å². The SMILES string of the molecule is Cc1cc(C)cc(OCCN(C)C(=O)COc2cccc(NC(=O)c3ccco3)c2)c1. The van der Waals surface area contributed by atoms with E-state index in [0.29, 0.717) is 24.6 Å². The fourth-order valence-corrected chi connectivity index (χ4v) is 2.96. The summed E-state index contributed by atoms with van der Waals surface area (Å²) in [6, 6.07) is 16.1. The van der Waals surface area contributed by atoms with E-state index >= 15 is 0 Å². The monoisotopic (exact) mass is 422 g/mol. The topological polar surface area (TPSA) is 81.0 Å². The van der Waals surface area contributed by atoms with Crippen LogP contribution in [0.1, 0.15) is 21.7 Å². The first-order valence-electron chi connectivity index (χ1n) is 9.93. The number of hydrogen-bond acceptors (Lipinski definition) is 5. The van der Waals surface area contributed by atoms with Gasteiger partial charge in [0.05, 0.1) is 12.8 Å². The summed E-state index contributed by atoms with van der Waals surface area (Å²) in [7, 11) is 1.70. The van der Waals surface area contributed by atoms with Crippen molar-refractivity contribution in [2.45, 2.75) is 13.8 Å². The third kappa shape index (κ3) is 6.64. The molecule has 31 heavy (non-hydrogen) atoms. The summed E-state index contributed by atoms with van der Waals surface area (Å²) in [6.45, 7) is 4.75. The number of benzene rings is 2. The number of anilines is 1. The molecule has 3 rings (SSSR count). The van der Waals surface area contributed by atoms with Crippen LogP contribution in [0.2, 0.25) is 0 Å². The zero-order valence-corrected chi connectivity index (χ0v) is 17.9. The molecule has 3 aromatic rings. The van der Waals surface area contributed by atoms with Crippen molar-refractivity contribution >= 4 is 17.5 Å². The average Bonchev–Trinajstić information content (AvgIpc) is 3.26. The van der Waals surface area contributed by atoms with Crippen molar-refractivity contribution in [3.8, 4) is 11.5 Å². The molecule has 0 unspecified atom stereocenters. The highest BCUT2D eigenvalue weighted by Gasteiger charge is 2.12. The molecule has 0 spiro atoms. The number of furan rings is 1. The van der Waals surface area contributed by atoms with Crippen LogP contribution in [0.5, 0.6) is 11.5 Å². The molecule has 0 saturated heterocycles. The molecule has 0 fully saturated rings. The van der Waals surface area contributed by atoms with E-state index < -0.39 is 0 Å². The van der Waals surface area contributed by atoms with Gasteiger partial charge in [0.1, 0.15) is 18.1 Å². The van der Waals surface area contributed by atoms with Crippen LogP contribution in [-0.4, -0.2) is 43.5 Å². The number of nitrogens with zero attached hydrogens (tertiary/aromatic N) is 1. The Kier molecular flexibility index (Phi) is 7.32. The minimum Gasteiger partial charge on any atom is -0.492 e. The van der Waals surface area contributed by atoms with Crippen molar-refractivity contribution in [3.05, 3.63) is 77.7 Å². The van der Waals surface area contributed by atoms with Gasteiger partial charge in [-0.3, -0.25) is 9.59 Å². The molecule has 2 amide bonds. The molecule has 0 aliphatic rings. The summed E-state index contributed by atoms with van der Waals surface area (Å²) < 4.78 is 16.4. The lowest BCUT2D eigenvalue weighted by molar-refractivity contribution is -0.132. The maximum absolute atomic E-state index is 12.3. The lowest BCUT2D eigenvalue weighted by Gasteiger charge is -2.18. The zero-order chi connectivity index (χ0) is 22.2. The molecule has 162 valence electrons. The molecule has 0 bridgehead atoms. The third-order valence-electron chi connectivity index (χ3n) is 4.52. The van der Waals surface area contributed by atoms with Gasteiger partial charge in [-0.25, -0.2) is 0 Å². The van der Waals surface area contributed by atoms with Crippen LogP contribution < -0.4 is 14.8 Å². The highest BCUT2D eigenvalue weighted by Crippen LogP contribution is 2.19. The number of carbonyl (C=O) groups excluding carboxylic acids is 2. The van der Waals surface area contributed by atoms with Crippen LogP contribution in [0, 0.1) is 13.8 Å². The Morgan fingerprint density at radius 2 is 1.74 bits per heavy atom. The van der Waals surface area contributed by atoms with Crippen LogP contribution >= 0.6 is 0 Å². The van der Waals surface area contributed by atoms with Crippen LogP contribution in [-0.2, 0) is 4.79 Å². The van der Waals surface area contributed by atoms with Gasteiger partial charge in [0.2, 0.25) is 0 Å². The minimum absolute atomic E-state index is 0.115. The first kappa shape index (κ1) is 22.0. The van der Waals surface area contributed by atoms with E-state index in [0.717, 1.165) is 16.9 Å². The molecule has 0 aliphatic heterocycles. The third-order valence-corrected chi connectivity index (χ3v) is 4.52. The standard InChI is InChI=1S/C24H26N2O5/c1-17-12-18(2)14-21(13-17)29-11-9-26(3)23(27)16-31-20-7-4-6-19(15-20)25-24(28)22-8-5-10-30-22/h4-8,10,12-15H,9,11,16H2,1-3H3,(H,25,28). The van der Waals surface area contributed by atoms with Gasteiger partial charge in [-0.2, -0.15) is 0 Å². The van der Waals surface area contributed by atoms with Gasteiger partial charge in [-0.05, 0) is 61.4 Å². The molecule has 1 heterocycles. The van der Waals surface area contributed by atoms with Gasteiger partial charge >= 0.3 is 0 Å². The van der Waals surface area contributed by atoms with Crippen LogP contribution in [0.25, 0.3) is 0 Å². The zero-order valence-electron chi connectivity index (χ0n) is 17.9. The van der Waals surface area contributed by atoms with Crippen molar-refractivity contribution in [2.75, 3.05) is 32.1 Å². The quantitative estimate of drug-likeness (QED) is 0.562. The number of carbonyl (C=O) groups is 2. The van der Waals surface area contributed by atoms with Gasteiger partial charge in [0.25, 0.3) is 11.8 Å². The number of nitrogens with one attached hydrogen (secondary N) is 1. The van der Waals surface area contributed by atoms with Crippen LogP contribution in [0.3, 0.4) is 0 Å². The predicted octanol–water partition coefficient (Wildman–Crippen LogP) is 4.06. The van der Waals surface area contributed by atoms with E-state index in [9.17, 15) is 9.59 Å². The normalized spacial score (nSPS) is 10.4. The molecule has 0 aliphatic carbocycles. The maximum Gasteiger partial charge on any atom is 0.291 e. The van der Waals surface area contributed by atoms with Crippen molar-refractivity contribution in [2.24, 2.45) is 0 Å². The smallest absolute Gasteiger partial charge is 0.291 e. The number of hydrogen-bond donors (Lipinski definition) is 1. The molecule has 0 radical (unpaired) electrons. The second-order valence-corrected chi connectivity index (χ2v) is 7.24. The number of likely N-dealkylation sites (N-methyl/N-ethyl adjacent to an activating group) is 1. The molecule has 0 atom stereocenters. The second kappa shape index (κ2) is 10.3. The molecule has 7 heteroatoms. The summed E-state index contributed by atoms with van der Waals surface area (Å²) >= 11 is 0. The Labute approximate surface area is 181 Å². The van der Waals surface area contributed by atoms with E-state index in [2.05, 4.69) is 11.4 Å². The summed E-state index contributed by atoms with van der Waals surface area (Å²) in [5.41, 5.74) is 2.81. The highest BCUT2D eigenvalue weighted by atomic mass is 16.5. The van der Waals surface area contributed by atoms with Gasteiger partial charge in [0, 0.05) is 18.8 Å². The van der Waals surface area contributed by atoms with Gasteiger partial charge < -0.3 is 24.1 Å². The maximum atomic E-state index is 12.3. The molecule has 1 aromatic heterocycles. The molecule has 7 nitrogen and oxygen atoms in total. The largest absolute Gasteiger partial charge is 0.492 e. The lowest BCUT2D eigenvalue weighted by Crippen LogP contribution is -2.34. The Balaban J connectivity index is 1.44. The van der Waals surface area contributed by atoms with E-state index in [1.54, 1.807) is 48.3 Å². The highest BCUT2D eigenvalue weighted by molar-refractivity contribution is 6.02. The fraction of sp³-hybridized carbons (Fsp3) is 0.250. The second-order valence-electron chi connectivity index (χ2n) is 7.24. The van der Waals surface area contributed by atoms with Gasteiger partial charge in [-0.1, -0.05) is 12.1 Å². The molecular formula is C24H26N2O5.